The van der Waals surface area contributed by atoms with Crippen LogP contribution in [0, 0.1) is 5.82 Å². The number of benzene rings is 4. The van der Waals surface area contributed by atoms with Crippen LogP contribution in [0.2, 0.25) is 10.0 Å². The molecule has 10 heteroatoms. The van der Waals surface area contributed by atoms with Crippen LogP contribution in [-0.2, 0) is 16.0 Å². The van der Waals surface area contributed by atoms with E-state index in [9.17, 15) is 22.7 Å². The van der Waals surface area contributed by atoms with Gasteiger partial charge in [-0.05, 0) is 34.4 Å². The Hall–Kier alpha value is -3.43. The van der Waals surface area contributed by atoms with Crippen molar-refractivity contribution in [2.45, 2.75) is 29.8 Å². The lowest BCUT2D eigenvalue weighted by Gasteiger charge is -2.50. The summed E-state index contributed by atoms with van der Waals surface area (Å²) < 4.78 is 57.0. The summed E-state index contributed by atoms with van der Waals surface area (Å²) in [5, 5.41) is 14.1. The Kier molecular flexibility index (Phi) is 7.30. The van der Waals surface area contributed by atoms with Gasteiger partial charge in [0.1, 0.15) is 5.60 Å². The van der Waals surface area contributed by atoms with Gasteiger partial charge in [-0.3, -0.25) is 4.90 Å². The first kappa shape index (κ1) is 28.7. The molecule has 6 rings (SSSR count). The van der Waals surface area contributed by atoms with Crippen LogP contribution in [-0.4, -0.2) is 35.0 Å². The quantitative estimate of drug-likeness (QED) is 0.177. The number of hydrogen-bond donors (Lipinski definition) is 1. The number of nitrogens with zero attached hydrogens (tertiary/aromatic N) is 2. The first-order chi connectivity index (χ1) is 20.0. The number of β-amino-alcohol motifs (C(OH)–C–C–N with tert-alkyl or cyclic N) is 1. The van der Waals surface area contributed by atoms with E-state index in [0.717, 1.165) is 23.3 Å². The number of hydrogen-bond acceptors (Lipinski definition) is 4. The fourth-order valence-electron chi connectivity index (χ4n) is 5.70. The van der Waals surface area contributed by atoms with Crippen LogP contribution < -0.4 is 0 Å². The smallest absolute Gasteiger partial charge is 0.382 e. The molecule has 1 N–H and O–H groups in total. The lowest BCUT2D eigenvalue weighted by molar-refractivity contribution is -0.275. The van der Waals surface area contributed by atoms with E-state index < -0.39 is 45.2 Å². The lowest BCUT2D eigenvalue weighted by Crippen LogP contribution is -2.60. The molecule has 0 spiro atoms. The second-order valence-electron chi connectivity index (χ2n) is 10.6. The molecule has 1 saturated heterocycles. The van der Waals surface area contributed by atoms with Crippen molar-refractivity contribution in [2.24, 2.45) is 5.16 Å². The summed E-state index contributed by atoms with van der Waals surface area (Å²) in [4.78, 5) is 7.21. The normalized spacial score (nSPS) is 20.2. The SMILES string of the molecule is OC1(c2ccc(C3=NO[C@@](c4cc(Cl)c(F)c(Cl)c4)(C(F)(F)F)C3)cc2)CN(C(c2ccccc2)c2ccccc2)C1. The lowest BCUT2D eigenvalue weighted by atomic mass is 9.81. The fourth-order valence-corrected chi connectivity index (χ4v) is 6.18. The van der Waals surface area contributed by atoms with E-state index in [1.807, 2.05) is 36.4 Å². The van der Waals surface area contributed by atoms with Crippen LogP contribution >= 0.6 is 23.2 Å². The van der Waals surface area contributed by atoms with Crippen molar-refractivity contribution < 1.29 is 27.5 Å². The third-order valence-electron chi connectivity index (χ3n) is 7.92. The highest BCUT2D eigenvalue weighted by atomic mass is 35.5. The molecule has 0 bridgehead atoms. The first-order valence-corrected chi connectivity index (χ1v) is 13.9. The molecular formula is C32H24Cl2F4N2O2. The molecule has 0 saturated carbocycles. The Labute approximate surface area is 249 Å². The van der Waals surface area contributed by atoms with Gasteiger partial charge in [0, 0.05) is 25.1 Å². The summed E-state index contributed by atoms with van der Waals surface area (Å²) in [5.74, 6) is -1.01. The molecule has 0 amide bonds. The molecule has 4 aromatic carbocycles. The Morgan fingerprint density at radius 2 is 1.33 bits per heavy atom. The van der Waals surface area contributed by atoms with Crippen molar-refractivity contribution in [2.75, 3.05) is 13.1 Å². The maximum atomic E-state index is 14.4. The third kappa shape index (κ3) is 4.96. The maximum Gasteiger partial charge on any atom is 0.435 e. The third-order valence-corrected chi connectivity index (χ3v) is 8.47. The molecule has 0 radical (unpaired) electrons. The molecule has 1 atom stereocenters. The number of oxime groups is 1. The Morgan fingerprint density at radius 3 is 1.83 bits per heavy atom. The number of rotatable bonds is 6. The van der Waals surface area contributed by atoms with E-state index in [1.165, 1.54) is 0 Å². The molecule has 0 unspecified atom stereocenters. The van der Waals surface area contributed by atoms with Gasteiger partial charge in [-0.15, -0.1) is 0 Å². The molecule has 4 nitrogen and oxygen atoms in total. The largest absolute Gasteiger partial charge is 0.435 e. The monoisotopic (exact) mass is 614 g/mol. The van der Waals surface area contributed by atoms with Gasteiger partial charge in [0.2, 0.25) is 0 Å². The van der Waals surface area contributed by atoms with Crippen LogP contribution in [0.25, 0.3) is 0 Å². The highest BCUT2D eigenvalue weighted by molar-refractivity contribution is 6.35. The molecule has 2 aliphatic heterocycles. The predicted octanol–water partition coefficient (Wildman–Crippen LogP) is 8.01. The van der Waals surface area contributed by atoms with E-state index in [4.69, 9.17) is 28.0 Å². The van der Waals surface area contributed by atoms with Gasteiger partial charge in [0.05, 0.1) is 21.8 Å². The van der Waals surface area contributed by atoms with Crippen molar-refractivity contribution in [3.05, 3.63) is 141 Å². The van der Waals surface area contributed by atoms with Crippen molar-refractivity contribution in [3.63, 3.8) is 0 Å². The first-order valence-electron chi connectivity index (χ1n) is 13.1. The molecule has 0 aromatic heterocycles. The second kappa shape index (κ2) is 10.7. The van der Waals surface area contributed by atoms with Crippen LogP contribution in [0.5, 0.6) is 0 Å². The van der Waals surface area contributed by atoms with E-state index >= 15 is 0 Å². The summed E-state index contributed by atoms with van der Waals surface area (Å²) in [7, 11) is 0. The molecule has 216 valence electrons. The topological polar surface area (TPSA) is 45.1 Å². The zero-order valence-electron chi connectivity index (χ0n) is 22.0. The van der Waals surface area contributed by atoms with Crippen molar-refractivity contribution >= 4 is 28.9 Å². The minimum atomic E-state index is -4.90. The van der Waals surface area contributed by atoms with Gasteiger partial charge in [0.15, 0.2) is 5.82 Å². The van der Waals surface area contributed by atoms with Crippen LogP contribution in [0.4, 0.5) is 17.6 Å². The zero-order chi connectivity index (χ0) is 29.7. The van der Waals surface area contributed by atoms with Crippen LogP contribution in [0.1, 0.15) is 40.3 Å². The van der Waals surface area contributed by atoms with E-state index in [0.29, 0.717) is 24.2 Å². The fraction of sp³-hybridized carbons (Fsp3) is 0.219. The Morgan fingerprint density at radius 1 is 0.810 bits per heavy atom. The summed E-state index contributed by atoms with van der Waals surface area (Å²) in [5.41, 5.74) is -1.15. The zero-order valence-corrected chi connectivity index (χ0v) is 23.5. The molecular weight excluding hydrogens is 591 g/mol. The number of alkyl halides is 3. The minimum Gasteiger partial charge on any atom is -0.382 e. The molecule has 1 fully saturated rings. The van der Waals surface area contributed by atoms with Gasteiger partial charge in [-0.1, -0.05) is 113 Å². The highest BCUT2D eigenvalue weighted by Gasteiger charge is 2.62. The van der Waals surface area contributed by atoms with Gasteiger partial charge in [-0.25, -0.2) is 4.39 Å². The molecule has 2 heterocycles. The van der Waals surface area contributed by atoms with Crippen molar-refractivity contribution in [3.8, 4) is 0 Å². The van der Waals surface area contributed by atoms with E-state index in [1.54, 1.807) is 24.3 Å². The average Bonchev–Trinajstić information content (AvgIpc) is 3.43. The van der Waals surface area contributed by atoms with Crippen molar-refractivity contribution in [1.82, 2.24) is 4.90 Å². The van der Waals surface area contributed by atoms with Crippen LogP contribution in [0.3, 0.4) is 0 Å². The summed E-state index contributed by atoms with van der Waals surface area (Å²) in [6.45, 7) is 0.738. The Balaban J connectivity index is 1.21. The van der Waals surface area contributed by atoms with E-state index in [-0.39, 0.29) is 11.8 Å². The molecule has 2 aliphatic rings. The summed E-state index contributed by atoms with van der Waals surface area (Å²) in [6, 6.07) is 28.4. The van der Waals surface area contributed by atoms with Gasteiger partial charge < -0.3 is 9.94 Å². The van der Waals surface area contributed by atoms with Crippen molar-refractivity contribution in [1.29, 1.82) is 0 Å². The Bertz CT molecular complexity index is 1560. The molecule has 42 heavy (non-hydrogen) atoms. The summed E-state index contributed by atoms with van der Waals surface area (Å²) >= 11 is 11.6. The number of halogens is 6. The number of likely N-dealkylation sites (tertiary alicyclic amines) is 1. The van der Waals surface area contributed by atoms with Gasteiger partial charge >= 0.3 is 6.18 Å². The highest BCUT2D eigenvalue weighted by Crippen LogP contribution is 2.50. The standard InChI is InChI=1S/C32H24Cl2F4N2O2/c33-25-15-24(16-26(34)28(25)35)31(32(36,37)38)17-27(39-42-31)20-11-13-23(14-12-20)30(41)18-40(19-30)29(21-7-3-1-4-8-21)22-9-5-2-6-10-22/h1-16,29,41H,17-19H2/t31-/m0/s1. The van der Waals surface area contributed by atoms with E-state index in [2.05, 4.69) is 34.3 Å². The molecule has 4 aromatic rings. The van der Waals surface area contributed by atoms with Gasteiger partial charge in [-0.2, -0.15) is 13.2 Å². The van der Waals surface area contributed by atoms with Crippen LogP contribution in [0.15, 0.2) is 102 Å². The molecule has 0 aliphatic carbocycles. The minimum absolute atomic E-state index is 0.0408. The predicted molar refractivity (Wildman–Crippen MR) is 153 cm³/mol. The summed E-state index contributed by atoms with van der Waals surface area (Å²) in [6.07, 6.45) is -5.57. The second-order valence-corrected chi connectivity index (χ2v) is 11.4. The van der Waals surface area contributed by atoms with Gasteiger partial charge in [0.25, 0.3) is 5.60 Å². The average molecular weight is 615 g/mol. The maximum absolute atomic E-state index is 14.4. The number of aliphatic hydroxyl groups is 1.